The first-order valence-corrected chi connectivity index (χ1v) is 8.15. The third-order valence-electron chi connectivity index (χ3n) is 4.05. The van der Waals surface area contributed by atoms with E-state index in [1.165, 1.54) is 37.7 Å². The Kier molecular flexibility index (Phi) is 5.71. The molecule has 0 amide bonds. The van der Waals surface area contributed by atoms with Crippen molar-refractivity contribution >= 4 is 15.9 Å². The summed E-state index contributed by atoms with van der Waals surface area (Å²) in [5.41, 5.74) is 1.36. The number of rotatable bonds is 5. The summed E-state index contributed by atoms with van der Waals surface area (Å²) in [4.78, 5) is 0. The molecule has 0 radical (unpaired) electrons. The molecule has 0 saturated heterocycles. The lowest BCUT2D eigenvalue weighted by Crippen LogP contribution is -2.27. The van der Waals surface area contributed by atoms with E-state index in [1.54, 1.807) is 0 Å². The second kappa shape index (κ2) is 7.30. The lowest BCUT2D eigenvalue weighted by atomic mass is 9.81. The van der Waals surface area contributed by atoms with Crippen molar-refractivity contribution in [1.29, 1.82) is 0 Å². The molecule has 1 aromatic carbocycles. The molecule has 1 aliphatic rings. The first-order valence-electron chi connectivity index (χ1n) is 7.35. The fourth-order valence-corrected chi connectivity index (χ4v) is 3.73. The summed E-state index contributed by atoms with van der Waals surface area (Å²) in [6.45, 7) is 2.73. The molecule has 0 heterocycles. The van der Waals surface area contributed by atoms with Gasteiger partial charge in [0.25, 0.3) is 0 Å². The van der Waals surface area contributed by atoms with Crippen molar-refractivity contribution in [2.75, 3.05) is 13.7 Å². The zero-order valence-corrected chi connectivity index (χ0v) is 13.5. The second-order valence-corrected chi connectivity index (χ2v) is 6.14. The van der Waals surface area contributed by atoms with Crippen LogP contribution in [0, 0.1) is 5.92 Å². The molecule has 1 saturated carbocycles. The van der Waals surface area contributed by atoms with E-state index >= 15 is 0 Å². The van der Waals surface area contributed by atoms with E-state index in [0.717, 1.165) is 16.1 Å². The van der Waals surface area contributed by atoms with Gasteiger partial charge in [0.15, 0.2) is 0 Å². The number of hydrogen-bond acceptors (Lipinski definition) is 2. The average molecular weight is 326 g/mol. The van der Waals surface area contributed by atoms with Crippen LogP contribution in [-0.2, 0) is 0 Å². The van der Waals surface area contributed by atoms with Gasteiger partial charge >= 0.3 is 0 Å². The van der Waals surface area contributed by atoms with Crippen molar-refractivity contribution in [3.8, 4) is 5.75 Å². The van der Waals surface area contributed by atoms with Crippen molar-refractivity contribution in [3.63, 3.8) is 0 Å². The Morgan fingerprint density at radius 3 is 2.63 bits per heavy atom. The van der Waals surface area contributed by atoms with Gasteiger partial charge in [0, 0.05) is 10.5 Å². The normalized spacial score (nSPS) is 18.3. The van der Waals surface area contributed by atoms with Crippen LogP contribution in [0.3, 0.4) is 0 Å². The van der Waals surface area contributed by atoms with Gasteiger partial charge < -0.3 is 10.1 Å². The Hall–Kier alpha value is -0.540. The minimum Gasteiger partial charge on any atom is -0.494 e. The zero-order chi connectivity index (χ0) is 13.7. The average Bonchev–Trinajstić information content (AvgIpc) is 2.43. The molecule has 19 heavy (non-hydrogen) atoms. The zero-order valence-electron chi connectivity index (χ0n) is 11.9. The van der Waals surface area contributed by atoms with Crippen LogP contribution in [0.2, 0.25) is 0 Å². The minimum atomic E-state index is 0.449. The van der Waals surface area contributed by atoms with E-state index in [-0.39, 0.29) is 0 Å². The molecule has 0 bridgehead atoms. The maximum atomic E-state index is 5.55. The topological polar surface area (TPSA) is 21.3 Å². The van der Waals surface area contributed by atoms with Gasteiger partial charge in [-0.05, 0) is 50.4 Å². The van der Waals surface area contributed by atoms with Gasteiger partial charge in [0.2, 0.25) is 0 Å². The lowest BCUT2D eigenvalue weighted by molar-refractivity contribution is 0.280. The number of halogens is 1. The van der Waals surface area contributed by atoms with Gasteiger partial charge in [0.1, 0.15) is 5.75 Å². The van der Waals surface area contributed by atoms with E-state index in [1.807, 2.05) is 6.92 Å². The highest BCUT2D eigenvalue weighted by molar-refractivity contribution is 9.10. The predicted molar refractivity (Wildman–Crippen MR) is 83.7 cm³/mol. The summed E-state index contributed by atoms with van der Waals surface area (Å²) in [6.07, 6.45) is 6.82. The largest absolute Gasteiger partial charge is 0.494 e. The van der Waals surface area contributed by atoms with E-state index < -0.39 is 0 Å². The van der Waals surface area contributed by atoms with Crippen LogP contribution < -0.4 is 10.1 Å². The quantitative estimate of drug-likeness (QED) is 0.848. The van der Waals surface area contributed by atoms with Crippen LogP contribution in [0.15, 0.2) is 22.7 Å². The first-order chi connectivity index (χ1) is 9.26. The van der Waals surface area contributed by atoms with E-state index in [4.69, 9.17) is 4.74 Å². The molecule has 106 valence electrons. The van der Waals surface area contributed by atoms with Gasteiger partial charge in [-0.15, -0.1) is 0 Å². The Balaban J connectivity index is 2.17. The second-order valence-electron chi connectivity index (χ2n) is 5.28. The number of ether oxygens (including phenoxy) is 1. The Bertz CT molecular complexity index is 402. The van der Waals surface area contributed by atoms with Crippen LogP contribution in [0.5, 0.6) is 5.75 Å². The fraction of sp³-hybridized carbons (Fsp3) is 0.625. The standard InChI is InChI=1S/C16H24BrNO/c1-3-19-13-9-10-14(15(17)11-13)16(18-2)12-7-5-4-6-8-12/h9-12,16,18H,3-8H2,1-2H3. The van der Waals surface area contributed by atoms with Crippen LogP contribution in [0.25, 0.3) is 0 Å². The van der Waals surface area contributed by atoms with Crippen molar-refractivity contribution < 1.29 is 4.74 Å². The molecule has 0 aromatic heterocycles. The van der Waals surface area contributed by atoms with Crippen LogP contribution in [-0.4, -0.2) is 13.7 Å². The number of benzene rings is 1. The van der Waals surface area contributed by atoms with Crippen LogP contribution in [0.4, 0.5) is 0 Å². The molecule has 3 heteroatoms. The number of nitrogens with one attached hydrogen (secondary N) is 1. The first kappa shape index (κ1) is 14.9. The summed E-state index contributed by atoms with van der Waals surface area (Å²) in [5, 5.41) is 3.51. The molecule has 1 atom stereocenters. The van der Waals surface area contributed by atoms with Gasteiger partial charge in [-0.2, -0.15) is 0 Å². The Morgan fingerprint density at radius 1 is 1.32 bits per heavy atom. The molecule has 1 unspecified atom stereocenters. The summed E-state index contributed by atoms with van der Waals surface area (Å²) in [6, 6.07) is 6.82. The van der Waals surface area contributed by atoms with E-state index in [0.29, 0.717) is 12.6 Å². The molecule has 1 fully saturated rings. The van der Waals surface area contributed by atoms with Crippen molar-refractivity contribution in [2.24, 2.45) is 5.92 Å². The molecule has 0 aliphatic heterocycles. The van der Waals surface area contributed by atoms with Crippen LogP contribution >= 0.6 is 15.9 Å². The number of hydrogen-bond donors (Lipinski definition) is 1. The van der Waals surface area contributed by atoms with E-state index in [9.17, 15) is 0 Å². The third-order valence-corrected chi connectivity index (χ3v) is 4.74. The molecule has 1 aromatic rings. The summed E-state index contributed by atoms with van der Waals surface area (Å²) in [7, 11) is 2.07. The van der Waals surface area contributed by atoms with Crippen molar-refractivity contribution in [1.82, 2.24) is 5.32 Å². The SMILES string of the molecule is CCOc1ccc(C(NC)C2CCCCC2)c(Br)c1. The fourth-order valence-electron chi connectivity index (χ4n) is 3.13. The molecule has 0 spiro atoms. The Morgan fingerprint density at radius 2 is 2.05 bits per heavy atom. The van der Waals surface area contributed by atoms with Crippen molar-refractivity contribution in [3.05, 3.63) is 28.2 Å². The lowest BCUT2D eigenvalue weighted by Gasteiger charge is -2.31. The maximum Gasteiger partial charge on any atom is 0.120 e. The van der Waals surface area contributed by atoms with E-state index in [2.05, 4.69) is 46.5 Å². The molecular formula is C16H24BrNO. The Labute approximate surface area is 125 Å². The third kappa shape index (κ3) is 3.73. The molecule has 2 rings (SSSR count). The van der Waals surface area contributed by atoms with Crippen molar-refractivity contribution in [2.45, 2.75) is 45.1 Å². The highest BCUT2D eigenvalue weighted by Crippen LogP contribution is 2.37. The predicted octanol–water partition coefficient (Wildman–Crippen LogP) is 4.69. The van der Waals surface area contributed by atoms with Gasteiger partial charge in [0.05, 0.1) is 6.61 Å². The van der Waals surface area contributed by atoms with Gasteiger partial charge in [-0.25, -0.2) is 0 Å². The van der Waals surface area contributed by atoms with Gasteiger partial charge in [-0.3, -0.25) is 0 Å². The molecule has 2 nitrogen and oxygen atoms in total. The van der Waals surface area contributed by atoms with Gasteiger partial charge in [-0.1, -0.05) is 41.3 Å². The summed E-state index contributed by atoms with van der Waals surface area (Å²) in [5.74, 6) is 1.70. The molecular weight excluding hydrogens is 302 g/mol. The highest BCUT2D eigenvalue weighted by Gasteiger charge is 2.25. The highest BCUT2D eigenvalue weighted by atomic mass is 79.9. The maximum absolute atomic E-state index is 5.55. The molecule has 1 N–H and O–H groups in total. The minimum absolute atomic E-state index is 0.449. The summed E-state index contributed by atoms with van der Waals surface area (Å²) < 4.78 is 6.71. The monoisotopic (exact) mass is 325 g/mol. The molecule has 1 aliphatic carbocycles. The van der Waals surface area contributed by atoms with Crippen LogP contribution in [0.1, 0.15) is 50.6 Å². The summed E-state index contributed by atoms with van der Waals surface area (Å²) >= 11 is 3.71. The smallest absolute Gasteiger partial charge is 0.120 e.